The van der Waals surface area contributed by atoms with Gasteiger partial charge in [0.05, 0.1) is 0 Å². The fourth-order valence-corrected chi connectivity index (χ4v) is 2.45. The van der Waals surface area contributed by atoms with E-state index in [9.17, 15) is 9.59 Å². The van der Waals surface area contributed by atoms with Gasteiger partial charge in [0.2, 0.25) is 0 Å². The van der Waals surface area contributed by atoms with Gasteiger partial charge in [-0.1, -0.05) is 41.9 Å². The maximum Gasteiger partial charge on any atom is 0.419 e. The molecule has 2 aromatic carbocycles. The Morgan fingerprint density at radius 3 is 2.54 bits per heavy atom. The Kier molecular flexibility index (Phi) is 6.89. The summed E-state index contributed by atoms with van der Waals surface area (Å²) in [4.78, 5) is 25.1. The first-order chi connectivity index (χ1) is 12.4. The number of carbonyl (C=O) groups excluding carboxylic acids is 2. The highest BCUT2D eigenvalue weighted by Crippen LogP contribution is 2.26. The number of benzene rings is 2. The van der Waals surface area contributed by atoms with E-state index in [0.717, 1.165) is 0 Å². The van der Waals surface area contributed by atoms with Crippen LogP contribution >= 0.6 is 23.2 Å². The summed E-state index contributed by atoms with van der Waals surface area (Å²) in [6.45, 7) is 3.55. The predicted octanol–water partition coefficient (Wildman–Crippen LogP) is 5.36. The minimum atomic E-state index is -0.644. The number of ether oxygens (including phenoxy) is 2. The number of hydrogen-bond donors (Lipinski definition) is 1. The van der Waals surface area contributed by atoms with Crippen LogP contribution in [-0.4, -0.2) is 25.8 Å². The predicted molar refractivity (Wildman–Crippen MR) is 102 cm³/mol. The first-order valence-corrected chi connectivity index (χ1v) is 8.21. The fraction of sp³-hybridized carbons (Fsp3) is 0.111. The second-order valence-electron chi connectivity index (χ2n) is 5.09. The Balaban J connectivity index is 2.05. The molecule has 0 bridgehead atoms. The van der Waals surface area contributed by atoms with Crippen LogP contribution in [0.4, 0.5) is 21.0 Å². The molecule has 6 nitrogen and oxygen atoms in total. The average Bonchev–Trinajstić information content (AvgIpc) is 2.58. The lowest BCUT2D eigenvalue weighted by Crippen LogP contribution is -2.29. The molecule has 2 aromatic rings. The lowest BCUT2D eigenvalue weighted by molar-refractivity contribution is 0.174. The quantitative estimate of drug-likeness (QED) is 0.692. The molecule has 0 aliphatic rings. The van der Waals surface area contributed by atoms with E-state index in [1.54, 1.807) is 36.4 Å². The summed E-state index contributed by atoms with van der Waals surface area (Å²) in [7, 11) is 1.53. The molecule has 26 heavy (non-hydrogen) atoms. The molecule has 2 rings (SSSR count). The molecule has 136 valence electrons. The number of amides is 2. The van der Waals surface area contributed by atoms with Gasteiger partial charge in [-0.15, -0.1) is 0 Å². The van der Waals surface area contributed by atoms with Crippen LogP contribution in [0.2, 0.25) is 10.0 Å². The van der Waals surface area contributed by atoms with Crippen molar-refractivity contribution in [2.75, 3.05) is 23.9 Å². The van der Waals surface area contributed by atoms with Crippen molar-refractivity contribution < 1.29 is 19.1 Å². The van der Waals surface area contributed by atoms with Gasteiger partial charge in [-0.25, -0.2) is 9.59 Å². The van der Waals surface area contributed by atoms with E-state index in [1.807, 2.05) is 0 Å². The van der Waals surface area contributed by atoms with Crippen LogP contribution in [0.15, 0.2) is 55.1 Å². The molecule has 0 atom stereocenters. The zero-order valence-corrected chi connectivity index (χ0v) is 15.4. The van der Waals surface area contributed by atoms with E-state index in [4.69, 9.17) is 32.7 Å². The van der Waals surface area contributed by atoms with Crippen LogP contribution in [0, 0.1) is 0 Å². The summed E-state index contributed by atoms with van der Waals surface area (Å²) in [6.07, 6.45) is 0.171. The van der Waals surface area contributed by atoms with E-state index >= 15 is 0 Å². The largest absolute Gasteiger partial charge is 0.445 e. The van der Waals surface area contributed by atoms with Gasteiger partial charge in [-0.3, -0.25) is 10.2 Å². The first kappa shape index (κ1) is 19.6. The Morgan fingerprint density at radius 1 is 1.19 bits per heavy atom. The van der Waals surface area contributed by atoms with E-state index in [-0.39, 0.29) is 12.4 Å². The number of nitrogens with zero attached hydrogens (tertiary/aromatic N) is 1. The number of anilines is 2. The fourth-order valence-electron chi connectivity index (χ4n) is 1.93. The second kappa shape index (κ2) is 9.12. The van der Waals surface area contributed by atoms with Gasteiger partial charge < -0.3 is 9.47 Å². The Hall–Kier alpha value is -2.70. The van der Waals surface area contributed by atoms with Crippen molar-refractivity contribution in [3.8, 4) is 5.75 Å². The van der Waals surface area contributed by atoms with Crippen molar-refractivity contribution in [1.82, 2.24) is 0 Å². The van der Waals surface area contributed by atoms with Gasteiger partial charge in [-0.05, 0) is 30.3 Å². The molecule has 0 aliphatic carbocycles. The summed E-state index contributed by atoms with van der Waals surface area (Å²) in [5, 5.41) is 3.32. The van der Waals surface area contributed by atoms with Crippen molar-refractivity contribution in [2.45, 2.75) is 0 Å². The third-order valence-corrected chi connectivity index (χ3v) is 3.56. The van der Waals surface area contributed by atoms with Crippen LogP contribution in [0.1, 0.15) is 0 Å². The summed E-state index contributed by atoms with van der Waals surface area (Å²) < 4.78 is 10.1. The van der Waals surface area contributed by atoms with Crippen LogP contribution in [0.5, 0.6) is 5.75 Å². The number of hydrogen-bond acceptors (Lipinski definition) is 4. The number of carbonyl (C=O) groups is 2. The normalized spacial score (nSPS) is 9.96. The van der Waals surface area contributed by atoms with Crippen molar-refractivity contribution in [1.29, 1.82) is 0 Å². The van der Waals surface area contributed by atoms with Crippen LogP contribution in [0.3, 0.4) is 0 Å². The molecule has 8 heteroatoms. The lowest BCUT2D eigenvalue weighted by atomic mass is 10.3. The zero-order chi connectivity index (χ0) is 19.1. The number of nitrogens with one attached hydrogen (secondary N) is 1. The summed E-state index contributed by atoms with van der Waals surface area (Å²) in [5.41, 5.74) is 0.896. The van der Waals surface area contributed by atoms with E-state index in [1.165, 1.54) is 24.1 Å². The molecule has 0 saturated carbocycles. The summed E-state index contributed by atoms with van der Waals surface area (Å²) >= 11 is 11.9. The standard InChI is InChI=1S/C18H16Cl2N2O4/c1-3-7-25-17(23)21-14-5-4-6-16(11-14)26-18(24)22(2)15-9-12(19)8-13(20)10-15/h3-6,8-11H,1,7H2,2H3,(H,21,23). The highest BCUT2D eigenvalue weighted by atomic mass is 35.5. The molecule has 2 amide bonds. The molecule has 0 spiro atoms. The van der Waals surface area contributed by atoms with Crippen LogP contribution in [-0.2, 0) is 4.74 Å². The molecule has 0 unspecified atom stereocenters. The third kappa shape index (κ3) is 5.68. The zero-order valence-electron chi connectivity index (χ0n) is 13.9. The average molecular weight is 395 g/mol. The van der Waals surface area contributed by atoms with Crippen molar-refractivity contribution in [3.05, 3.63) is 65.2 Å². The molecular formula is C18H16Cl2N2O4. The summed E-state index contributed by atoms with van der Waals surface area (Å²) in [5.74, 6) is 0.247. The molecule has 0 radical (unpaired) electrons. The maximum atomic E-state index is 12.3. The number of rotatable bonds is 5. The monoisotopic (exact) mass is 394 g/mol. The van der Waals surface area contributed by atoms with Crippen molar-refractivity contribution in [2.24, 2.45) is 0 Å². The Morgan fingerprint density at radius 2 is 1.88 bits per heavy atom. The first-order valence-electron chi connectivity index (χ1n) is 7.45. The Bertz CT molecular complexity index is 806. The topological polar surface area (TPSA) is 67.9 Å². The number of halogens is 2. The third-order valence-electron chi connectivity index (χ3n) is 3.13. The Labute approximate surface area is 160 Å². The minimum absolute atomic E-state index is 0.0908. The van der Waals surface area contributed by atoms with E-state index in [2.05, 4.69) is 11.9 Å². The van der Waals surface area contributed by atoms with E-state index < -0.39 is 12.2 Å². The van der Waals surface area contributed by atoms with Gasteiger partial charge in [-0.2, -0.15) is 0 Å². The molecule has 0 aromatic heterocycles. The molecule has 0 fully saturated rings. The maximum absolute atomic E-state index is 12.3. The van der Waals surface area contributed by atoms with Gasteiger partial charge in [0.15, 0.2) is 0 Å². The van der Waals surface area contributed by atoms with Crippen LogP contribution < -0.4 is 15.0 Å². The van der Waals surface area contributed by atoms with Gasteiger partial charge in [0, 0.05) is 34.5 Å². The second-order valence-corrected chi connectivity index (χ2v) is 5.97. The van der Waals surface area contributed by atoms with Gasteiger partial charge in [0.25, 0.3) is 0 Å². The molecule has 0 heterocycles. The molecule has 0 saturated heterocycles. The highest BCUT2D eigenvalue weighted by molar-refractivity contribution is 6.35. The molecule has 1 N–H and O–H groups in total. The smallest absolute Gasteiger partial charge is 0.419 e. The van der Waals surface area contributed by atoms with Crippen molar-refractivity contribution in [3.63, 3.8) is 0 Å². The van der Waals surface area contributed by atoms with Crippen molar-refractivity contribution >= 4 is 46.8 Å². The van der Waals surface area contributed by atoms with Gasteiger partial charge in [0.1, 0.15) is 12.4 Å². The molecular weight excluding hydrogens is 379 g/mol. The van der Waals surface area contributed by atoms with Gasteiger partial charge >= 0.3 is 12.2 Å². The van der Waals surface area contributed by atoms with E-state index in [0.29, 0.717) is 21.4 Å². The minimum Gasteiger partial charge on any atom is -0.445 e. The highest BCUT2D eigenvalue weighted by Gasteiger charge is 2.15. The SMILES string of the molecule is C=CCOC(=O)Nc1cccc(OC(=O)N(C)c2cc(Cl)cc(Cl)c2)c1. The van der Waals surface area contributed by atoms with Crippen LogP contribution in [0.25, 0.3) is 0 Å². The molecule has 0 aliphatic heterocycles. The summed E-state index contributed by atoms with van der Waals surface area (Å²) in [6, 6.07) is 11.1. The lowest BCUT2D eigenvalue weighted by Gasteiger charge is -2.17.